The SMILES string of the molecule is O=C(O)C(O)c1ccc(F)c(F)c1OC(F)F. The minimum absolute atomic E-state index is 0.495. The molecule has 0 spiro atoms. The molecule has 0 heterocycles. The first-order valence-electron chi connectivity index (χ1n) is 4.18. The number of aliphatic hydroxyl groups is 1. The van der Waals surface area contributed by atoms with E-state index in [9.17, 15) is 22.4 Å². The van der Waals surface area contributed by atoms with Crippen molar-refractivity contribution in [2.75, 3.05) is 0 Å². The van der Waals surface area contributed by atoms with Crippen molar-refractivity contribution in [2.45, 2.75) is 12.7 Å². The van der Waals surface area contributed by atoms with Gasteiger partial charge in [-0.2, -0.15) is 13.2 Å². The summed E-state index contributed by atoms with van der Waals surface area (Å²) in [5.74, 6) is -6.42. The minimum Gasteiger partial charge on any atom is -0.479 e. The third-order valence-electron chi connectivity index (χ3n) is 1.82. The lowest BCUT2D eigenvalue weighted by molar-refractivity contribution is -0.147. The van der Waals surface area contributed by atoms with E-state index in [2.05, 4.69) is 4.74 Å². The molecule has 0 bridgehead atoms. The Bertz CT molecular complexity index is 435. The van der Waals surface area contributed by atoms with Crippen LogP contribution >= 0.6 is 0 Å². The maximum absolute atomic E-state index is 13.1. The number of hydrogen-bond acceptors (Lipinski definition) is 3. The van der Waals surface area contributed by atoms with Crippen LogP contribution in [-0.4, -0.2) is 22.8 Å². The van der Waals surface area contributed by atoms with E-state index < -0.39 is 41.6 Å². The highest BCUT2D eigenvalue weighted by atomic mass is 19.3. The highest BCUT2D eigenvalue weighted by Crippen LogP contribution is 2.31. The van der Waals surface area contributed by atoms with Crippen LogP contribution in [0.25, 0.3) is 0 Å². The molecular formula is C9H6F4O4. The first-order chi connectivity index (χ1) is 7.84. The molecule has 1 aromatic carbocycles. The third kappa shape index (κ3) is 2.84. The van der Waals surface area contributed by atoms with Crippen molar-refractivity contribution in [3.63, 3.8) is 0 Å². The fourth-order valence-electron chi connectivity index (χ4n) is 1.10. The van der Waals surface area contributed by atoms with E-state index in [1.807, 2.05) is 0 Å². The van der Waals surface area contributed by atoms with Gasteiger partial charge < -0.3 is 14.9 Å². The second-order valence-corrected chi connectivity index (χ2v) is 2.90. The highest BCUT2D eigenvalue weighted by Gasteiger charge is 2.26. The Balaban J connectivity index is 3.29. The van der Waals surface area contributed by atoms with Gasteiger partial charge in [0.05, 0.1) is 0 Å². The van der Waals surface area contributed by atoms with Crippen molar-refractivity contribution in [2.24, 2.45) is 0 Å². The third-order valence-corrected chi connectivity index (χ3v) is 1.82. The molecule has 1 atom stereocenters. The van der Waals surface area contributed by atoms with Gasteiger partial charge in [-0.05, 0) is 12.1 Å². The van der Waals surface area contributed by atoms with E-state index >= 15 is 0 Å². The van der Waals surface area contributed by atoms with Crippen molar-refractivity contribution in [3.8, 4) is 5.75 Å². The number of aliphatic carboxylic acids is 1. The zero-order valence-electron chi connectivity index (χ0n) is 8.03. The fourth-order valence-corrected chi connectivity index (χ4v) is 1.10. The van der Waals surface area contributed by atoms with Crippen LogP contribution in [0.3, 0.4) is 0 Å². The van der Waals surface area contributed by atoms with Crippen molar-refractivity contribution < 1.29 is 37.3 Å². The molecule has 0 saturated carbocycles. The molecule has 17 heavy (non-hydrogen) atoms. The molecule has 0 aliphatic rings. The highest BCUT2D eigenvalue weighted by molar-refractivity contribution is 5.75. The number of carboxylic acid groups (broad SMARTS) is 1. The first-order valence-corrected chi connectivity index (χ1v) is 4.18. The van der Waals surface area contributed by atoms with Crippen LogP contribution in [0, 0.1) is 11.6 Å². The summed E-state index contributed by atoms with van der Waals surface area (Å²) < 4.78 is 53.4. The van der Waals surface area contributed by atoms with Gasteiger partial charge in [0, 0.05) is 5.56 Å². The Morgan fingerprint density at radius 3 is 2.35 bits per heavy atom. The number of aliphatic hydroxyl groups excluding tert-OH is 1. The zero-order valence-corrected chi connectivity index (χ0v) is 8.03. The smallest absolute Gasteiger partial charge is 0.387 e. The number of rotatable bonds is 4. The lowest BCUT2D eigenvalue weighted by atomic mass is 10.1. The van der Waals surface area contributed by atoms with Gasteiger partial charge in [-0.25, -0.2) is 9.18 Å². The van der Waals surface area contributed by atoms with Gasteiger partial charge >= 0.3 is 12.6 Å². The van der Waals surface area contributed by atoms with Crippen LogP contribution < -0.4 is 4.74 Å². The normalized spacial score (nSPS) is 12.6. The fraction of sp³-hybridized carbons (Fsp3) is 0.222. The van der Waals surface area contributed by atoms with Gasteiger partial charge in [0.25, 0.3) is 0 Å². The molecule has 0 aromatic heterocycles. The van der Waals surface area contributed by atoms with Crippen LogP contribution in [0.1, 0.15) is 11.7 Å². The monoisotopic (exact) mass is 254 g/mol. The number of alkyl halides is 2. The minimum atomic E-state index is -3.48. The van der Waals surface area contributed by atoms with Gasteiger partial charge in [0.1, 0.15) is 0 Å². The van der Waals surface area contributed by atoms with Gasteiger partial charge in [-0.1, -0.05) is 0 Å². The van der Waals surface area contributed by atoms with E-state index in [1.54, 1.807) is 0 Å². The predicted molar refractivity (Wildman–Crippen MR) is 45.6 cm³/mol. The van der Waals surface area contributed by atoms with E-state index in [4.69, 9.17) is 10.2 Å². The lowest BCUT2D eigenvalue weighted by Crippen LogP contribution is -2.15. The van der Waals surface area contributed by atoms with Gasteiger partial charge in [-0.3, -0.25) is 0 Å². The molecule has 0 aliphatic carbocycles. The standard InChI is InChI=1S/C9H6F4O4/c10-4-2-1-3(6(14)8(15)16)7(5(4)11)17-9(12)13/h1-2,6,9,14H,(H,15,16). The number of benzene rings is 1. The van der Waals surface area contributed by atoms with Crippen LogP contribution in [0.15, 0.2) is 12.1 Å². The Morgan fingerprint density at radius 2 is 1.88 bits per heavy atom. The average molecular weight is 254 g/mol. The Morgan fingerprint density at radius 1 is 1.29 bits per heavy atom. The molecule has 1 unspecified atom stereocenters. The van der Waals surface area contributed by atoms with E-state index in [-0.39, 0.29) is 0 Å². The van der Waals surface area contributed by atoms with Gasteiger partial charge in [0.2, 0.25) is 5.82 Å². The number of carboxylic acids is 1. The Kier molecular flexibility index (Phi) is 3.89. The molecule has 2 N–H and O–H groups in total. The van der Waals surface area contributed by atoms with E-state index in [0.717, 1.165) is 0 Å². The number of halogens is 4. The molecule has 4 nitrogen and oxygen atoms in total. The van der Waals surface area contributed by atoms with Crippen molar-refractivity contribution >= 4 is 5.97 Å². The molecular weight excluding hydrogens is 248 g/mol. The summed E-state index contributed by atoms with van der Waals surface area (Å²) in [6.45, 7) is -3.48. The van der Waals surface area contributed by atoms with Crippen LogP contribution in [0.4, 0.5) is 17.6 Å². The summed E-state index contributed by atoms with van der Waals surface area (Å²) in [4.78, 5) is 10.4. The summed E-state index contributed by atoms with van der Waals surface area (Å²) in [6.07, 6.45) is -2.29. The van der Waals surface area contributed by atoms with Gasteiger partial charge in [0.15, 0.2) is 17.7 Å². The maximum Gasteiger partial charge on any atom is 0.387 e. The van der Waals surface area contributed by atoms with Gasteiger partial charge in [-0.15, -0.1) is 0 Å². The van der Waals surface area contributed by atoms with E-state index in [0.29, 0.717) is 12.1 Å². The molecule has 1 aromatic rings. The summed E-state index contributed by atoms with van der Waals surface area (Å²) >= 11 is 0. The quantitative estimate of drug-likeness (QED) is 0.802. The Labute approximate surface area is 92.1 Å². The molecule has 0 aliphatic heterocycles. The van der Waals surface area contributed by atoms with Crippen LogP contribution in [0.2, 0.25) is 0 Å². The second kappa shape index (κ2) is 5.00. The zero-order chi connectivity index (χ0) is 13.2. The summed E-state index contributed by atoms with van der Waals surface area (Å²) in [5.41, 5.74) is -0.795. The average Bonchev–Trinajstić information content (AvgIpc) is 2.23. The van der Waals surface area contributed by atoms with Crippen molar-refractivity contribution in [1.29, 1.82) is 0 Å². The second-order valence-electron chi connectivity index (χ2n) is 2.90. The molecule has 0 fully saturated rings. The number of carbonyl (C=O) groups is 1. The summed E-state index contributed by atoms with van der Waals surface area (Å²) in [6, 6.07) is 1.14. The Hall–Kier alpha value is -1.83. The summed E-state index contributed by atoms with van der Waals surface area (Å²) in [5, 5.41) is 17.5. The largest absolute Gasteiger partial charge is 0.479 e. The van der Waals surface area contributed by atoms with Crippen molar-refractivity contribution in [1.82, 2.24) is 0 Å². The van der Waals surface area contributed by atoms with Crippen LogP contribution in [0.5, 0.6) is 5.75 Å². The molecule has 1 rings (SSSR count). The van der Waals surface area contributed by atoms with E-state index in [1.165, 1.54) is 0 Å². The summed E-state index contributed by atoms with van der Waals surface area (Å²) in [7, 11) is 0. The maximum atomic E-state index is 13.1. The van der Waals surface area contributed by atoms with Crippen molar-refractivity contribution in [3.05, 3.63) is 29.3 Å². The number of hydrogen-bond donors (Lipinski definition) is 2. The lowest BCUT2D eigenvalue weighted by Gasteiger charge is -2.13. The van der Waals surface area contributed by atoms with Crippen LogP contribution in [-0.2, 0) is 4.79 Å². The predicted octanol–water partition coefficient (Wildman–Crippen LogP) is 1.68. The number of ether oxygens (including phenoxy) is 1. The molecule has 0 saturated heterocycles. The first kappa shape index (κ1) is 13.2. The molecule has 0 radical (unpaired) electrons. The topological polar surface area (TPSA) is 66.8 Å². The molecule has 0 amide bonds. The molecule has 94 valence electrons. The molecule has 8 heteroatoms.